The predicted octanol–water partition coefficient (Wildman–Crippen LogP) is 5.29. The summed E-state index contributed by atoms with van der Waals surface area (Å²) in [5.74, 6) is 1.25. The maximum Gasteiger partial charge on any atom is 0.305 e. The first kappa shape index (κ1) is 27.1. The highest BCUT2D eigenvalue weighted by molar-refractivity contribution is 6.32. The topological polar surface area (TPSA) is 69.0 Å². The third-order valence-electron chi connectivity index (χ3n) is 5.84. The van der Waals surface area contributed by atoms with Gasteiger partial charge in [-0.25, -0.2) is 0 Å². The normalized spacial score (nSPS) is 10.9. The highest BCUT2D eigenvalue weighted by atomic mass is 16.5. The van der Waals surface area contributed by atoms with Crippen molar-refractivity contribution in [3.63, 3.8) is 0 Å². The van der Waals surface area contributed by atoms with Crippen LogP contribution >= 0.6 is 0 Å². The Morgan fingerprint density at radius 1 is 1.03 bits per heavy atom. The first-order valence-electron chi connectivity index (χ1n) is 12.5. The summed E-state index contributed by atoms with van der Waals surface area (Å²) in [5.41, 5.74) is 3.00. The lowest BCUT2D eigenvalue weighted by Crippen LogP contribution is -2.36. The number of furan rings is 1. The number of benzene rings is 2. The van der Waals surface area contributed by atoms with Gasteiger partial charge in [-0.2, -0.15) is 0 Å². The summed E-state index contributed by atoms with van der Waals surface area (Å²) >= 11 is 0. The zero-order chi connectivity index (χ0) is 25.9. The number of nitrogens with zero attached hydrogens (tertiary/aromatic N) is 1. The molecule has 1 heterocycles. The second kappa shape index (κ2) is 13.6. The maximum atomic E-state index is 13.4. The molecule has 3 aromatic rings. The van der Waals surface area contributed by atoms with Crippen LogP contribution in [0.4, 0.5) is 0 Å². The zero-order valence-corrected chi connectivity index (χ0v) is 21.4. The van der Waals surface area contributed by atoms with Gasteiger partial charge in [-0.05, 0) is 70.4 Å². The van der Waals surface area contributed by atoms with Crippen LogP contribution < -0.4 is 10.2 Å². The minimum atomic E-state index is -0.159. The van der Waals surface area contributed by atoms with Gasteiger partial charge in [0.2, 0.25) is 0 Å². The summed E-state index contributed by atoms with van der Waals surface area (Å²) in [7, 11) is 6.07. The number of carbonyl (C=O) groups excluding carboxylic acids is 2. The van der Waals surface area contributed by atoms with Crippen molar-refractivity contribution in [2.45, 2.75) is 59.0 Å². The van der Waals surface area contributed by atoms with Crippen molar-refractivity contribution in [2.75, 3.05) is 13.2 Å². The molecule has 1 amide bonds. The van der Waals surface area contributed by atoms with Gasteiger partial charge in [0.05, 0.1) is 19.5 Å². The van der Waals surface area contributed by atoms with Gasteiger partial charge in [0.15, 0.2) is 0 Å². The molecule has 0 aliphatic heterocycles. The molecule has 6 nitrogen and oxygen atoms in total. The van der Waals surface area contributed by atoms with Crippen LogP contribution in [-0.4, -0.2) is 43.9 Å². The lowest BCUT2D eigenvalue weighted by Gasteiger charge is -2.28. The monoisotopic (exact) mass is 487 g/mol. The van der Waals surface area contributed by atoms with Gasteiger partial charge in [-0.3, -0.25) is 9.59 Å². The van der Waals surface area contributed by atoms with Crippen LogP contribution in [0, 0.1) is 0 Å². The molecule has 0 saturated carbocycles. The van der Waals surface area contributed by atoms with Crippen molar-refractivity contribution in [3.8, 4) is 17.1 Å². The quantitative estimate of drug-likeness (QED) is 0.186. The number of rotatable bonds is 13. The van der Waals surface area contributed by atoms with Crippen molar-refractivity contribution in [1.29, 1.82) is 0 Å². The second-order valence-electron chi connectivity index (χ2n) is 8.91. The minimum absolute atomic E-state index is 0.0283. The molecule has 2 radical (unpaired) electrons. The van der Waals surface area contributed by atoms with Gasteiger partial charge < -0.3 is 18.8 Å². The Bertz CT molecular complexity index is 1110. The van der Waals surface area contributed by atoms with E-state index < -0.39 is 0 Å². The molecule has 188 valence electrons. The lowest BCUT2D eigenvalue weighted by atomic mass is 9.93. The van der Waals surface area contributed by atoms with Crippen molar-refractivity contribution >= 4 is 25.2 Å². The Labute approximate surface area is 215 Å². The van der Waals surface area contributed by atoms with Crippen molar-refractivity contribution in [2.24, 2.45) is 0 Å². The van der Waals surface area contributed by atoms with Gasteiger partial charge in [0.1, 0.15) is 19.4 Å². The molecule has 3 rings (SSSR count). The van der Waals surface area contributed by atoms with Crippen molar-refractivity contribution in [1.82, 2.24) is 4.90 Å². The third kappa shape index (κ3) is 7.77. The van der Waals surface area contributed by atoms with E-state index in [1.807, 2.05) is 74.2 Å². The Balaban J connectivity index is 1.63. The zero-order valence-electron chi connectivity index (χ0n) is 21.4. The number of amides is 1. The van der Waals surface area contributed by atoms with Crippen molar-refractivity contribution in [3.05, 3.63) is 72.0 Å². The SMILES string of the molecule is [B]c1ccc(OCCCCCC(=O)OCC)c(CN(C(=O)c2ccc(-c3ccco3)cc2)C(C)C)c1. The van der Waals surface area contributed by atoms with Crippen LogP contribution in [0.3, 0.4) is 0 Å². The molecule has 1 aromatic heterocycles. The van der Waals surface area contributed by atoms with E-state index in [4.69, 9.17) is 21.7 Å². The number of unbranched alkanes of at least 4 members (excludes halogenated alkanes) is 2. The molecule has 0 unspecified atom stereocenters. The Morgan fingerprint density at radius 2 is 1.81 bits per heavy atom. The summed E-state index contributed by atoms with van der Waals surface area (Å²) in [6, 6.07) is 16.6. The molecule has 2 aromatic carbocycles. The number of hydrogen-bond acceptors (Lipinski definition) is 5. The molecule has 7 heteroatoms. The molecule has 0 bridgehead atoms. The third-order valence-corrected chi connectivity index (χ3v) is 5.84. The molecule has 0 N–H and O–H groups in total. The average molecular weight is 487 g/mol. The first-order chi connectivity index (χ1) is 17.4. The molecule has 0 atom stereocenters. The maximum absolute atomic E-state index is 13.4. The summed E-state index contributed by atoms with van der Waals surface area (Å²) in [6.07, 6.45) is 4.51. The number of carbonyl (C=O) groups is 2. The van der Waals surface area contributed by atoms with E-state index in [2.05, 4.69) is 0 Å². The lowest BCUT2D eigenvalue weighted by molar-refractivity contribution is -0.143. The van der Waals surface area contributed by atoms with E-state index in [0.29, 0.717) is 43.0 Å². The predicted molar refractivity (Wildman–Crippen MR) is 142 cm³/mol. The Kier molecular flexibility index (Phi) is 10.2. The van der Waals surface area contributed by atoms with Crippen LogP contribution in [0.1, 0.15) is 62.4 Å². The van der Waals surface area contributed by atoms with Crippen LogP contribution in [0.25, 0.3) is 11.3 Å². The van der Waals surface area contributed by atoms with Gasteiger partial charge in [-0.1, -0.05) is 29.7 Å². The standard InChI is InChI=1S/C29H34BNO5/c1-4-34-28(32)10-6-5-7-17-35-27-16-15-25(30)19-24(27)20-31(21(2)3)29(33)23-13-11-22(12-14-23)26-9-8-18-36-26/h8-9,11-16,18-19,21H,4-7,10,17,20H2,1-3H3. The molecule has 0 spiro atoms. The van der Waals surface area contributed by atoms with Crippen LogP contribution in [0.15, 0.2) is 65.3 Å². The fourth-order valence-corrected chi connectivity index (χ4v) is 3.89. The fraction of sp³-hybridized carbons (Fsp3) is 0.379. The largest absolute Gasteiger partial charge is 0.493 e. The van der Waals surface area contributed by atoms with Crippen molar-refractivity contribution < 1.29 is 23.5 Å². The Hall–Kier alpha value is -3.48. The molecule has 36 heavy (non-hydrogen) atoms. The van der Waals surface area contributed by atoms with E-state index in [-0.39, 0.29) is 17.9 Å². The highest BCUT2D eigenvalue weighted by Gasteiger charge is 2.21. The minimum Gasteiger partial charge on any atom is -0.493 e. The first-order valence-corrected chi connectivity index (χ1v) is 12.5. The van der Waals surface area contributed by atoms with Crippen LogP contribution in [0.5, 0.6) is 5.75 Å². The van der Waals surface area contributed by atoms with Crippen LogP contribution in [-0.2, 0) is 16.1 Å². The van der Waals surface area contributed by atoms with Gasteiger partial charge in [0, 0.05) is 35.7 Å². The summed E-state index contributed by atoms with van der Waals surface area (Å²) < 4.78 is 16.4. The summed E-state index contributed by atoms with van der Waals surface area (Å²) in [4.78, 5) is 26.7. The fourth-order valence-electron chi connectivity index (χ4n) is 3.89. The van der Waals surface area contributed by atoms with E-state index in [1.54, 1.807) is 12.3 Å². The molecule has 0 saturated heterocycles. The van der Waals surface area contributed by atoms with Gasteiger partial charge in [-0.15, -0.1) is 0 Å². The average Bonchev–Trinajstić information content (AvgIpc) is 3.40. The summed E-state index contributed by atoms with van der Waals surface area (Å²) in [5, 5.41) is 0. The molecular weight excluding hydrogens is 453 g/mol. The van der Waals surface area contributed by atoms with E-state index in [0.717, 1.165) is 36.1 Å². The smallest absolute Gasteiger partial charge is 0.305 e. The highest BCUT2D eigenvalue weighted by Crippen LogP contribution is 2.24. The van der Waals surface area contributed by atoms with E-state index in [9.17, 15) is 9.59 Å². The second-order valence-corrected chi connectivity index (χ2v) is 8.91. The van der Waals surface area contributed by atoms with E-state index in [1.165, 1.54) is 0 Å². The molecule has 0 aliphatic rings. The number of ether oxygens (including phenoxy) is 2. The van der Waals surface area contributed by atoms with Gasteiger partial charge >= 0.3 is 5.97 Å². The summed E-state index contributed by atoms with van der Waals surface area (Å²) in [6.45, 7) is 7.09. The molecule has 0 fully saturated rings. The number of esters is 1. The van der Waals surface area contributed by atoms with Gasteiger partial charge in [0.25, 0.3) is 5.91 Å². The van der Waals surface area contributed by atoms with Crippen LogP contribution in [0.2, 0.25) is 0 Å². The molecular formula is C29H34BNO5. The number of hydrogen-bond donors (Lipinski definition) is 0. The van der Waals surface area contributed by atoms with E-state index >= 15 is 0 Å². The Morgan fingerprint density at radius 3 is 2.47 bits per heavy atom. The molecule has 0 aliphatic carbocycles.